The van der Waals surface area contributed by atoms with Gasteiger partial charge in [0.05, 0.1) is 17.7 Å². The number of hydrogen-bond acceptors (Lipinski definition) is 3. The molecule has 0 aliphatic heterocycles. The van der Waals surface area contributed by atoms with Crippen LogP contribution < -0.4 is 0 Å². The maximum Gasteiger partial charge on any atom is 0.325 e. The van der Waals surface area contributed by atoms with Gasteiger partial charge in [0.15, 0.2) is 0 Å². The van der Waals surface area contributed by atoms with Crippen LogP contribution in [-0.4, -0.2) is 30.4 Å². The number of esters is 1. The van der Waals surface area contributed by atoms with Gasteiger partial charge in [0, 0.05) is 6.54 Å². The average molecular weight is 336 g/mol. The van der Waals surface area contributed by atoms with Crippen LogP contribution in [-0.2, 0) is 16.1 Å². The molecule has 0 radical (unpaired) electrons. The van der Waals surface area contributed by atoms with Crippen molar-refractivity contribution in [2.45, 2.75) is 6.54 Å². The third-order valence-corrected chi connectivity index (χ3v) is 3.54. The first-order chi connectivity index (χ1) is 11.0. The van der Waals surface area contributed by atoms with E-state index in [9.17, 15) is 14.0 Å². The first kappa shape index (κ1) is 17.0. The van der Waals surface area contributed by atoms with E-state index in [1.807, 2.05) is 18.2 Å². The van der Waals surface area contributed by atoms with E-state index in [0.717, 1.165) is 11.6 Å². The molecule has 120 valence electrons. The molecule has 6 heteroatoms. The molecule has 2 rings (SSSR count). The van der Waals surface area contributed by atoms with Crippen LogP contribution in [0.5, 0.6) is 0 Å². The number of carbonyl (C=O) groups is 2. The molecule has 0 spiro atoms. The van der Waals surface area contributed by atoms with E-state index in [1.165, 1.54) is 24.1 Å². The molecule has 0 aliphatic carbocycles. The summed E-state index contributed by atoms with van der Waals surface area (Å²) in [5.74, 6) is -1.99. The zero-order chi connectivity index (χ0) is 16.8. The van der Waals surface area contributed by atoms with Crippen LogP contribution in [0.4, 0.5) is 4.39 Å². The molecular formula is C17H15ClFNO3. The third-order valence-electron chi connectivity index (χ3n) is 3.23. The highest BCUT2D eigenvalue weighted by molar-refractivity contribution is 6.33. The highest BCUT2D eigenvalue weighted by atomic mass is 35.5. The molecule has 4 nitrogen and oxygen atoms in total. The van der Waals surface area contributed by atoms with Crippen molar-refractivity contribution in [2.75, 3.05) is 13.7 Å². The van der Waals surface area contributed by atoms with Gasteiger partial charge in [0.1, 0.15) is 12.4 Å². The minimum atomic E-state index is -0.731. The molecule has 23 heavy (non-hydrogen) atoms. The Morgan fingerprint density at radius 1 is 1.13 bits per heavy atom. The summed E-state index contributed by atoms with van der Waals surface area (Å²) in [5, 5.41) is -0.00192. The van der Waals surface area contributed by atoms with Gasteiger partial charge in [0.2, 0.25) is 0 Å². The van der Waals surface area contributed by atoms with Crippen LogP contribution >= 0.6 is 11.6 Å². The van der Waals surface area contributed by atoms with Crippen molar-refractivity contribution >= 4 is 23.5 Å². The zero-order valence-electron chi connectivity index (χ0n) is 12.5. The Balaban J connectivity index is 2.32. The fraction of sp³-hybridized carbons (Fsp3) is 0.176. The maximum atomic E-state index is 14.0. The quantitative estimate of drug-likeness (QED) is 0.788. The van der Waals surface area contributed by atoms with E-state index in [2.05, 4.69) is 4.74 Å². The summed E-state index contributed by atoms with van der Waals surface area (Å²) in [6.07, 6.45) is 0. The molecule has 0 fully saturated rings. The molecule has 1 amide bonds. The van der Waals surface area contributed by atoms with Gasteiger partial charge in [-0.3, -0.25) is 9.59 Å². The Morgan fingerprint density at radius 2 is 1.83 bits per heavy atom. The average Bonchev–Trinajstić information content (AvgIpc) is 2.54. The summed E-state index contributed by atoms with van der Waals surface area (Å²) in [6, 6.07) is 13.1. The minimum absolute atomic E-state index is 0.00192. The Kier molecular flexibility index (Phi) is 5.71. The lowest BCUT2D eigenvalue weighted by atomic mass is 10.1. The van der Waals surface area contributed by atoms with Crippen molar-refractivity contribution in [3.05, 3.63) is 70.5 Å². The highest BCUT2D eigenvalue weighted by Crippen LogP contribution is 2.21. The van der Waals surface area contributed by atoms with Crippen molar-refractivity contribution in [2.24, 2.45) is 0 Å². The van der Waals surface area contributed by atoms with Crippen molar-refractivity contribution in [1.29, 1.82) is 0 Å². The lowest BCUT2D eigenvalue weighted by Gasteiger charge is -2.22. The molecule has 0 saturated heterocycles. The van der Waals surface area contributed by atoms with Crippen molar-refractivity contribution in [3.8, 4) is 0 Å². The summed E-state index contributed by atoms with van der Waals surface area (Å²) < 4.78 is 18.6. The van der Waals surface area contributed by atoms with Gasteiger partial charge < -0.3 is 9.64 Å². The monoisotopic (exact) mass is 335 g/mol. The molecule has 0 N–H and O–H groups in total. The lowest BCUT2D eigenvalue weighted by molar-refractivity contribution is -0.141. The van der Waals surface area contributed by atoms with Gasteiger partial charge in [-0.25, -0.2) is 4.39 Å². The molecule has 2 aromatic carbocycles. The van der Waals surface area contributed by atoms with Crippen LogP contribution in [0.3, 0.4) is 0 Å². The second kappa shape index (κ2) is 7.74. The molecule has 0 aromatic heterocycles. The topological polar surface area (TPSA) is 46.6 Å². The van der Waals surface area contributed by atoms with Gasteiger partial charge in [-0.2, -0.15) is 0 Å². The molecule has 0 saturated carbocycles. The number of halogens is 2. The van der Waals surface area contributed by atoms with Crippen molar-refractivity contribution in [1.82, 2.24) is 4.90 Å². The molecule has 2 aromatic rings. The maximum absolute atomic E-state index is 14.0. The SMILES string of the molecule is COC(=O)CN(Cc1ccccc1)C(=O)c1c(F)cccc1Cl. The number of ether oxygens (including phenoxy) is 1. The van der Waals surface area contributed by atoms with E-state index in [-0.39, 0.29) is 23.7 Å². The number of hydrogen-bond donors (Lipinski definition) is 0. The minimum Gasteiger partial charge on any atom is -0.468 e. The molecular weight excluding hydrogens is 321 g/mol. The number of nitrogens with zero attached hydrogens (tertiary/aromatic N) is 1. The van der Waals surface area contributed by atoms with Crippen LogP contribution in [0, 0.1) is 5.82 Å². The second-order valence-corrected chi connectivity index (χ2v) is 5.23. The number of methoxy groups -OCH3 is 1. The van der Waals surface area contributed by atoms with Gasteiger partial charge >= 0.3 is 5.97 Å². The fourth-order valence-corrected chi connectivity index (χ4v) is 2.33. The second-order valence-electron chi connectivity index (χ2n) is 4.82. The van der Waals surface area contributed by atoms with Gasteiger partial charge in [0.25, 0.3) is 5.91 Å². The smallest absolute Gasteiger partial charge is 0.325 e. The van der Waals surface area contributed by atoms with Crippen LogP contribution in [0.25, 0.3) is 0 Å². The number of amides is 1. The summed E-state index contributed by atoms with van der Waals surface area (Å²) in [4.78, 5) is 25.4. The largest absolute Gasteiger partial charge is 0.468 e. The number of carbonyl (C=O) groups excluding carboxylic acids is 2. The summed E-state index contributed by atoms with van der Waals surface area (Å²) in [5.41, 5.74) is 0.547. The molecule has 0 unspecified atom stereocenters. The van der Waals surface area contributed by atoms with Gasteiger partial charge in [-0.15, -0.1) is 0 Å². The predicted octanol–water partition coefficient (Wildman–Crippen LogP) is 3.29. The van der Waals surface area contributed by atoms with E-state index >= 15 is 0 Å². The molecule has 0 aliphatic rings. The van der Waals surface area contributed by atoms with Crippen molar-refractivity contribution < 1.29 is 18.7 Å². The number of rotatable bonds is 5. The standard InChI is InChI=1S/C17H15ClFNO3/c1-23-15(21)11-20(10-12-6-3-2-4-7-12)17(22)16-13(18)8-5-9-14(16)19/h2-9H,10-11H2,1H3. The van der Waals surface area contributed by atoms with Crippen molar-refractivity contribution in [3.63, 3.8) is 0 Å². The Morgan fingerprint density at radius 3 is 2.43 bits per heavy atom. The Bertz CT molecular complexity index is 686. The fourth-order valence-electron chi connectivity index (χ4n) is 2.08. The normalized spacial score (nSPS) is 10.2. The summed E-state index contributed by atoms with van der Waals surface area (Å²) in [6.45, 7) is -0.158. The summed E-state index contributed by atoms with van der Waals surface area (Å²) >= 11 is 5.94. The first-order valence-electron chi connectivity index (χ1n) is 6.87. The number of benzene rings is 2. The Labute approximate surface area is 138 Å². The van der Waals surface area contributed by atoms with Gasteiger partial charge in [-0.05, 0) is 17.7 Å². The van der Waals surface area contributed by atoms with Crippen LogP contribution in [0.1, 0.15) is 15.9 Å². The molecule has 0 bridgehead atoms. The lowest BCUT2D eigenvalue weighted by Crippen LogP contribution is -2.36. The van der Waals surface area contributed by atoms with Crippen LogP contribution in [0.15, 0.2) is 48.5 Å². The zero-order valence-corrected chi connectivity index (χ0v) is 13.2. The highest BCUT2D eigenvalue weighted by Gasteiger charge is 2.24. The summed E-state index contributed by atoms with van der Waals surface area (Å²) in [7, 11) is 1.23. The van der Waals surface area contributed by atoms with E-state index in [1.54, 1.807) is 12.1 Å². The van der Waals surface area contributed by atoms with E-state index in [4.69, 9.17) is 11.6 Å². The molecule has 0 atom stereocenters. The van der Waals surface area contributed by atoms with Crippen LogP contribution in [0.2, 0.25) is 5.02 Å². The van der Waals surface area contributed by atoms with E-state index < -0.39 is 17.7 Å². The first-order valence-corrected chi connectivity index (χ1v) is 7.24. The predicted molar refractivity (Wildman–Crippen MR) is 84.6 cm³/mol. The third kappa shape index (κ3) is 4.29. The Hall–Kier alpha value is -2.40. The van der Waals surface area contributed by atoms with E-state index in [0.29, 0.717) is 0 Å². The molecule has 0 heterocycles. The van der Waals surface area contributed by atoms with Gasteiger partial charge in [-0.1, -0.05) is 48.0 Å².